The van der Waals surface area contributed by atoms with E-state index in [1.54, 1.807) is 0 Å². The molecule has 0 heterocycles. The molecule has 0 unspecified atom stereocenters. The van der Waals surface area contributed by atoms with Crippen molar-refractivity contribution in [2.75, 3.05) is 0 Å². The molecule has 2 rings (SSSR count). The van der Waals surface area contributed by atoms with Gasteiger partial charge >= 0.3 is 0 Å². The van der Waals surface area contributed by atoms with E-state index in [9.17, 15) is 8.78 Å². The first-order valence-electron chi connectivity index (χ1n) is 7.11. The highest BCUT2D eigenvalue weighted by Gasteiger charge is 2.21. The summed E-state index contributed by atoms with van der Waals surface area (Å²) in [5.74, 6) is -0.743. The molecule has 0 bridgehead atoms. The average molecular weight is 311 g/mol. The topological polar surface area (TPSA) is 36.4 Å². The second-order valence-corrected chi connectivity index (χ2v) is 5.76. The largest absolute Gasteiger partial charge is 0.358 e. The molecule has 0 saturated heterocycles. The number of thiocarbonyl (C=S) groups is 1. The highest BCUT2D eigenvalue weighted by Crippen LogP contribution is 2.23. The Kier molecular flexibility index (Phi) is 5.61. The molecule has 0 radical (unpaired) electrons. The predicted molar refractivity (Wildman–Crippen MR) is 84.2 cm³/mol. The molecule has 1 aromatic carbocycles. The maximum absolute atomic E-state index is 13.4. The lowest BCUT2D eigenvalue weighted by molar-refractivity contribution is 0.308. The fourth-order valence-corrected chi connectivity index (χ4v) is 2.72. The van der Waals surface area contributed by atoms with Crippen molar-refractivity contribution >= 4 is 23.5 Å². The van der Waals surface area contributed by atoms with Crippen molar-refractivity contribution in [3.05, 3.63) is 35.4 Å². The molecule has 21 heavy (non-hydrogen) atoms. The van der Waals surface area contributed by atoms with Crippen molar-refractivity contribution in [1.82, 2.24) is 10.7 Å². The summed E-state index contributed by atoms with van der Waals surface area (Å²) in [5.41, 5.74) is 2.43. The number of rotatable bonds is 3. The summed E-state index contributed by atoms with van der Waals surface area (Å²) in [7, 11) is 0. The van der Waals surface area contributed by atoms with Crippen LogP contribution in [0.3, 0.4) is 0 Å². The standard InChI is InChI=1S/C15H19F2N3S/c1-10-5-2-3-8-14(10)19-15(21)20-18-9-11-12(16)6-4-7-13(11)17/h4,6-7,9-10,14H,2-3,5,8H2,1H3,(H2,19,20,21)/b18-9-/t10-,14-/m1/s1. The third-order valence-electron chi connectivity index (χ3n) is 3.79. The van der Waals surface area contributed by atoms with Crippen LogP contribution in [0.5, 0.6) is 0 Å². The second-order valence-electron chi connectivity index (χ2n) is 5.35. The van der Waals surface area contributed by atoms with E-state index >= 15 is 0 Å². The molecule has 0 spiro atoms. The molecular weight excluding hydrogens is 292 g/mol. The Bertz CT molecular complexity index is 513. The van der Waals surface area contributed by atoms with Gasteiger partial charge in [-0.05, 0) is 43.1 Å². The number of hydrazone groups is 1. The van der Waals surface area contributed by atoms with Crippen LogP contribution >= 0.6 is 12.2 Å². The van der Waals surface area contributed by atoms with Crippen LogP contribution in [0.4, 0.5) is 8.78 Å². The predicted octanol–water partition coefficient (Wildman–Crippen LogP) is 3.34. The zero-order valence-electron chi connectivity index (χ0n) is 11.9. The molecule has 1 saturated carbocycles. The monoisotopic (exact) mass is 311 g/mol. The van der Waals surface area contributed by atoms with Crippen LogP contribution < -0.4 is 10.7 Å². The normalized spacial score (nSPS) is 22.2. The SMILES string of the molecule is C[C@@H]1CCCC[C@H]1NC(=S)N/N=C\c1c(F)cccc1F. The fraction of sp³-hybridized carbons (Fsp3) is 0.467. The number of halogens is 2. The van der Waals surface area contributed by atoms with Gasteiger partial charge in [0.05, 0.1) is 11.8 Å². The molecule has 2 atom stereocenters. The first-order valence-corrected chi connectivity index (χ1v) is 7.52. The van der Waals surface area contributed by atoms with E-state index in [0.29, 0.717) is 17.1 Å². The van der Waals surface area contributed by atoms with Gasteiger partial charge in [-0.15, -0.1) is 0 Å². The van der Waals surface area contributed by atoms with E-state index in [0.717, 1.165) is 12.6 Å². The van der Waals surface area contributed by atoms with Crippen LogP contribution in [0.25, 0.3) is 0 Å². The van der Waals surface area contributed by atoms with Crippen molar-refractivity contribution in [3.63, 3.8) is 0 Å². The zero-order valence-corrected chi connectivity index (χ0v) is 12.7. The second kappa shape index (κ2) is 7.45. The summed E-state index contributed by atoms with van der Waals surface area (Å²) in [6.45, 7) is 2.19. The first kappa shape index (κ1) is 15.8. The summed E-state index contributed by atoms with van der Waals surface area (Å²) in [6.07, 6.45) is 5.81. The fourth-order valence-electron chi connectivity index (χ4n) is 2.52. The molecule has 1 aliphatic carbocycles. The Labute approximate surface area is 128 Å². The minimum absolute atomic E-state index is 0.182. The Morgan fingerprint density at radius 3 is 2.62 bits per heavy atom. The molecule has 1 aromatic rings. The Balaban J connectivity index is 1.87. The zero-order chi connectivity index (χ0) is 15.2. The van der Waals surface area contributed by atoms with Crippen LogP contribution in [-0.4, -0.2) is 17.4 Å². The van der Waals surface area contributed by atoms with Gasteiger partial charge in [0.15, 0.2) is 5.11 Å². The van der Waals surface area contributed by atoms with Gasteiger partial charge in [-0.1, -0.05) is 25.8 Å². The minimum Gasteiger partial charge on any atom is -0.358 e. The van der Waals surface area contributed by atoms with E-state index in [4.69, 9.17) is 12.2 Å². The van der Waals surface area contributed by atoms with Crippen LogP contribution in [0.2, 0.25) is 0 Å². The minimum atomic E-state index is -0.652. The number of hydrogen-bond donors (Lipinski definition) is 2. The summed E-state index contributed by atoms with van der Waals surface area (Å²) in [4.78, 5) is 0. The van der Waals surface area contributed by atoms with E-state index in [1.165, 1.54) is 37.5 Å². The summed E-state index contributed by atoms with van der Waals surface area (Å²) < 4.78 is 26.8. The van der Waals surface area contributed by atoms with Gasteiger partial charge in [0, 0.05) is 6.04 Å². The van der Waals surface area contributed by atoms with Crippen molar-refractivity contribution in [2.24, 2.45) is 11.0 Å². The van der Waals surface area contributed by atoms with E-state index in [-0.39, 0.29) is 5.56 Å². The molecule has 0 aliphatic heterocycles. The van der Waals surface area contributed by atoms with Crippen molar-refractivity contribution in [3.8, 4) is 0 Å². The van der Waals surface area contributed by atoms with E-state index in [1.807, 2.05) is 0 Å². The average Bonchev–Trinajstić information content (AvgIpc) is 2.45. The van der Waals surface area contributed by atoms with Gasteiger partial charge in [0.25, 0.3) is 0 Å². The molecule has 3 nitrogen and oxygen atoms in total. The van der Waals surface area contributed by atoms with Gasteiger partial charge < -0.3 is 5.32 Å². The Morgan fingerprint density at radius 1 is 1.29 bits per heavy atom. The lowest BCUT2D eigenvalue weighted by Crippen LogP contribution is -2.44. The molecule has 1 aliphatic rings. The summed E-state index contributed by atoms with van der Waals surface area (Å²) in [5, 5.41) is 7.37. The van der Waals surface area contributed by atoms with Crippen LogP contribution in [0.1, 0.15) is 38.2 Å². The quantitative estimate of drug-likeness (QED) is 0.511. The first-order chi connectivity index (χ1) is 10.1. The molecular formula is C15H19F2N3S. The third kappa shape index (κ3) is 4.46. The molecule has 114 valence electrons. The smallest absolute Gasteiger partial charge is 0.187 e. The molecule has 6 heteroatoms. The maximum atomic E-state index is 13.4. The lowest BCUT2D eigenvalue weighted by Gasteiger charge is -2.30. The summed E-state index contributed by atoms with van der Waals surface area (Å²) >= 11 is 5.15. The van der Waals surface area contributed by atoms with Gasteiger partial charge in [-0.25, -0.2) is 8.78 Å². The van der Waals surface area contributed by atoms with Crippen molar-refractivity contribution in [2.45, 2.75) is 38.6 Å². The molecule has 1 fully saturated rings. The van der Waals surface area contributed by atoms with Crippen LogP contribution in [0.15, 0.2) is 23.3 Å². The van der Waals surface area contributed by atoms with Crippen LogP contribution in [0, 0.1) is 17.6 Å². The Hall–Kier alpha value is -1.56. The highest BCUT2D eigenvalue weighted by atomic mass is 32.1. The number of nitrogens with one attached hydrogen (secondary N) is 2. The van der Waals surface area contributed by atoms with E-state index in [2.05, 4.69) is 22.8 Å². The number of benzene rings is 1. The number of hydrogen-bond acceptors (Lipinski definition) is 2. The molecule has 2 N–H and O–H groups in total. The third-order valence-corrected chi connectivity index (χ3v) is 4.00. The number of nitrogens with zero attached hydrogens (tertiary/aromatic N) is 1. The summed E-state index contributed by atoms with van der Waals surface area (Å²) in [6, 6.07) is 4.01. The lowest BCUT2D eigenvalue weighted by atomic mass is 9.86. The molecule has 0 aromatic heterocycles. The van der Waals surface area contributed by atoms with Crippen molar-refractivity contribution in [1.29, 1.82) is 0 Å². The van der Waals surface area contributed by atoms with Crippen LogP contribution in [-0.2, 0) is 0 Å². The maximum Gasteiger partial charge on any atom is 0.187 e. The molecule has 0 amide bonds. The van der Waals surface area contributed by atoms with Crippen molar-refractivity contribution < 1.29 is 8.78 Å². The Morgan fingerprint density at radius 2 is 1.95 bits per heavy atom. The van der Waals surface area contributed by atoms with Gasteiger partial charge in [-0.3, -0.25) is 5.43 Å². The van der Waals surface area contributed by atoms with Gasteiger partial charge in [0.2, 0.25) is 0 Å². The highest BCUT2D eigenvalue weighted by molar-refractivity contribution is 7.80. The van der Waals surface area contributed by atoms with Gasteiger partial charge in [0.1, 0.15) is 11.6 Å². The van der Waals surface area contributed by atoms with E-state index < -0.39 is 11.6 Å². The van der Waals surface area contributed by atoms with Gasteiger partial charge in [-0.2, -0.15) is 5.10 Å².